The van der Waals surface area contributed by atoms with Crippen LogP contribution in [0.2, 0.25) is 0 Å². The van der Waals surface area contributed by atoms with E-state index in [1.807, 2.05) is 0 Å². The molecule has 1 heterocycles. The molecular weight excluding hydrogens is 362 g/mol. The predicted molar refractivity (Wildman–Crippen MR) is 96.9 cm³/mol. The van der Waals surface area contributed by atoms with E-state index in [0.29, 0.717) is 23.9 Å². The lowest BCUT2D eigenvalue weighted by Crippen LogP contribution is -2.30. The molecule has 1 aromatic carbocycles. The summed E-state index contributed by atoms with van der Waals surface area (Å²) in [5.74, 6) is -0.0927. The number of sulfonamides is 1. The summed E-state index contributed by atoms with van der Waals surface area (Å²) in [6.45, 7) is 4.36. The van der Waals surface area contributed by atoms with Crippen molar-refractivity contribution in [1.82, 2.24) is 19.1 Å². The summed E-state index contributed by atoms with van der Waals surface area (Å²) in [4.78, 5) is 12.2. The van der Waals surface area contributed by atoms with E-state index in [1.54, 1.807) is 43.9 Å². The van der Waals surface area contributed by atoms with Gasteiger partial charge in [0.2, 0.25) is 15.9 Å². The number of nitrogens with one attached hydrogen (secondary N) is 1. The fourth-order valence-electron chi connectivity index (χ4n) is 2.18. The van der Waals surface area contributed by atoms with Crippen molar-refractivity contribution in [2.75, 3.05) is 24.2 Å². The zero-order chi connectivity index (χ0) is 18.4. The predicted octanol–water partition coefficient (Wildman–Crippen LogP) is 1.58. The van der Waals surface area contributed by atoms with Crippen LogP contribution in [0.1, 0.15) is 13.8 Å². The quantitative estimate of drug-likeness (QED) is 0.695. The number of amides is 1. The van der Waals surface area contributed by atoms with Crippen molar-refractivity contribution in [3.63, 3.8) is 0 Å². The van der Waals surface area contributed by atoms with Crippen LogP contribution in [0.5, 0.6) is 0 Å². The molecule has 0 spiro atoms. The lowest BCUT2D eigenvalue weighted by molar-refractivity contribution is -0.113. The van der Waals surface area contributed by atoms with Crippen molar-refractivity contribution < 1.29 is 13.2 Å². The van der Waals surface area contributed by atoms with Crippen molar-refractivity contribution in [2.24, 2.45) is 7.05 Å². The number of aryl methyl sites for hydroxylation is 1. The lowest BCUT2D eigenvalue weighted by atomic mass is 10.3. The van der Waals surface area contributed by atoms with Gasteiger partial charge in [-0.15, -0.1) is 10.2 Å². The molecule has 10 heteroatoms. The number of hydrogen-bond acceptors (Lipinski definition) is 6. The number of benzene rings is 1. The summed E-state index contributed by atoms with van der Waals surface area (Å²) in [7, 11) is -1.76. The highest BCUT2D eigenvalue weighted by molar-refractivity contribution is 7.99. The zero-order valence-electron chi connectivity index (χ0n) is 14.3. The van der Waals surface area contributed by atoms with Gasteiger partial charge < -0.3 is 9.88 Å². The first-order chi connectivity index (χ1) is 11.9. The molecule has 136 valence electrons. The van der Waals surface area contributed by atoms with Crippen LogP contribution in [-0.2, 0) is 21.9 Å². The van der Waals surface area contributed by atoms with E-state index in [1.165, 1.54) is 28.2 Å². The Morgan fingerprint density at radius 1 is 1.32 bits per heavy atom. The number of thioether (sulfide) groups is 1. The third kappa shape index (κ3) is 4.80. The monoisotopic (exact) mass is 383 g/mol. The smallest absolute Gasteiger partial charge is 0.243 e. The van der Waals surface area contributed by atoms with E-state index < -0.39 is 10.0 Å². The number of carbonyl (C=O) groups is 1. The van der Waals surface area contributed by atoms with Gasteiger partial charge in [-0.1, -0.05) is 31.7 Å². The molecule has 0 aliphatic carbocycles. The Bertz CT molecular complexity index is 831. The van der Waals surface area contributed by atoms with Crippen LogP contribution in [0.15, 0.2) is 40.6 Å². The third-order valence-electron chi connectivity index (χ3n) is 3.46. The molecule has 0 aliphatic rings. The van der Waals surface area contributed by atoms with Gasteiger partial charge in [0.15, 0.2) is 5.16 Å². The van der Waals surface area contributed by atoms with E-state index in [2.05, 4.69) is 15.5 Å². The molecule has 1 aromatic heterocycles. The van der Waals surface area contributed by atoms with Crippen LogP contribution in [0.4, 0.5) is 5.69 Å². The topological polar surface area (TPSA) is 97.2 Å². The Kier molecular flexibility index (Phi) is 6.57. The van der Waals surface area contributed by atoms with Crippen LogP contribution in [0.25, 0.3) is 0 Å². The first kappa shape index (κ1) is 19.4. The van der Waals surface area contributed by atoms with E-state index in [0.717, 1.165) is 0 Å². The first-order valence-electron chi connectivity index (χ1n) is 7.75. The van der Waals surface area contributed by atoms with Gasteiger partial charge in [0.25, 0.3) is 0 Å². The number of anilines is 1. The summed E-state index contributed by atoms with van der Waals surface area (Å²) in [6, 6.07) is 6.27. The van der Waals surface area contributed by atoms with Gasteiger partial charge in [-0.2, -0.15) is 4.31 Å². The van der Waals surface area contributed by atoms with Gasteiger partial charge in [-0.25, -0.2) is 8.42 Å². The molecule has 0 aliphatic heterocycles. The van der Waals surface area contributed by atoms with Crippen LogP contribution in [-0.4, -0.2) is 52.2 Å². The maximum atomic E-state index is 12.5. The minimum Gasteiger partial charge on any atom is -0.325 e. The second kappa shape index (κ2) is 8.45. The maximum Gasteiger partial charge on any atom is 0.243 e. The maximum absolute atomic E-state index is 12.5. The molecule has 0 radical (unpaired) electrons. The summed E-state index contributed by atoms with van der Waals surface area (Å²) in [5.41, 5.74) is 0.441. The molecular formula is C15H21N5O3S2. The number of carbonyl (C=O) groups excluding carboxylic acids is 1. The van der Waals surface area contributed by atoms with Crippen molar-refractivity contribution >= 4 is 33.4 Å². The number of rotatable bonds is 8. The molecule has 8 nitrogen and oxygen atoms in total. The van der Waals surface area contributed by atoms with Crippen LogP contribution >= 0.6 is 11.8 Å². The average Bonchev–Trinajstić information content (AvgIpc) is 2.99. The molecule has 0 saturated carbocycles. The van der Waals surface area contributed by atoms with Gasteiger partial charge in [-0.3, -0.25) is 4.79 Å². The van der Waals surface area contributed by atoms with Crippen molar-refractivity contribution in [3.05, 3.63) is 30.6 Å². The van der Waals surface area contributed by atoms with Crippen molar-refractivity contribution in [3.8, 4) is 0 Å². The Balaban J connectivity index is 2.06. The molecule has 0 saturated heterocycles. The second-order valence-corrected chi connectivity index (χ2v) is 8.06. The summed E-state index contributed by atoms with van der Waals surface area (Å²) >= 11 is 1.25. The van der Waals surface area contributed by atoms with Gasteiger partial charge in [0.05, 0.1) is 10.6 Å². The van der Waals surface area contributed by atoms with Gasteiger partial charge in [0.1, 0.15) is 6.33 Å². The van der Waals surface area contributed by atoms with E-state index >= 15 is 0 Å². The average molecular weight is 383 g/mol. The summed E-state index contributed by atoms with van der Waals surface area (Å²) < 4.78 is 28.2. The summed E-state index contributed by atoms with van der Waals surface area (Å²) in [6.07, 6.45) is 1.56. The second-order valence-electron chi connectivity index (χ2n) is 5.18. The molecule has 0 fully saturated rings. The third-order valence-corrected chi connectivity index (χ3v) is 6.54. The van der Waals surface area contributed by atoms with Gasteiger partial charge in [-0.05, 0) is 18.2 Å². The highest BCUT2D eigenvalue weighted by Crippen LogP contribution is 2.20. The van der Waals surface area contributed by atoms with Crippen LogP contribution < -0.4 is 5.32 Å². The minimum atomic E-state index is -3.56. The summed E-state index contributed by atoms with van der Waals surface area (Å²) in [5, 5.41) is 11.0. The number of nitrogens with zero attached hydrogens (tertiary/aromatic N) is 4. The highest BCUT2D eigenvalue weighted by atomic mass is 32.2. The molecule has 0 bridgehead atoms. The van der Waals surface area contributed by atoms with Gasteiger partial charge in [0, 0.05) is 25.8 Å². The van der Waals surface area contributed by atoms with E-state index in [9.17, 15) is 13.2 Å². The fourth-order valence-corrected chi connectivity index (χ4v) is 4.37. The van der Waals surface area contributed by atoms with E-state index in [4.69, 9.17) is 0 Å². The van der Waals surface area contributed by atoms with Crippen molar-refractivity contribution in [2.45, 2.75) is 23.9 Å². The Hall–Kier alpha value is -1.91. The molecule has 25 heavy (non-hydrogen) atoms. The normalized spacial score (nSPS) is 11.7. The lowest BCUT2D eigenvalue weighted by Gasteiger charge is -2.18. The number of hydrogen-bond donors (Lipinski definition) is 1. The zero-order valence-corrected chi connectivity index (χ0v) is 16.0. The molecule has 0 atom stereocenters. The Morgan fingerprint density at radius 3 is 2.64 bits per heavy atom. The molecule has 2 rings (SSSR count). The first-order valence-corrected chi connectivity index (χ1v) is 10.2. The van der Waals surface area contributed by atoms with Crippen molar-refractivity contribution in [1.29, 1.82) is 0 Å². The fraction of sp³-hybridized carbons (Fsp3) is 0.400. The van der Waals surface area contributed by atoms with Crippen LogP contribution in [0.3, 0.4) is 0 Å². The highest BCUT2D eigenvalue weighted by Gasteiger charge is 2.21. The Morgan fingerprint density at radius 2 is 2.04 bits per heavy atom. The SMILES string of the molecule is CCN(CC)S(=O)(=O)c1cccc(NC(=O)CSc2nncn2C)c1. The van der Waals surface area contributed by atoms with Gasteiger partial charge >= 0.3 is 0 Å². The molecule has 2 aromatic rings. The molecule has 1 amide bonds. The number of aromatic nitrogens is 3. The molecule has 1 N–H and O–H groups in total. The molecule has 0 unspecified atom stereocenters. The Labute approximate surface area is 151 Å². The van der Waals surface area contributed by atoms with Crippen LogP contribution in [0, 0.1) is 0 Å². The van der Waals surface area contributed by atoms with E-state index in [-0.39, 0.29) is 16.6 Å². The minimum absolute atomic E-state index is 0.152. The standard InChI is InChI=1S/C15H21N5O3S2/c1-4-20(5-2)25(22,23)13-8-6-7-12(9-13)17-14(21)10-24-15-18-16-11-19(15)3/h6-9,11H,4-5,10H2,1-3H3,(H,17,21). The largest absolute Gasteiger partial charge is 0.325 e.